The summed E-state index contributed by atoms with van der Waals surface area (Å²) in [5.74, 6) is 0.782. The van der Waals surface area contributed by atoms with E-state index < -0.39 is 0 Å². The van der Waals surface area contributed by atoms with Gasteiger partial charge in [-0.25, -0.2) is 4.68 Å². The van der Waals surface area contributed by atoms with Gasteiger partial charge in [0.2, 0.25) is 5.95 Å². The van der Waals surface area contributed by atoms with Crippen LogP contribution in [0.1, 0.15) is 29.6 Å². The van der Waals surface area contributed by atoms with E-state index in [4.69, 9.17) is 11.6 Å². The molecule has 0 saturated heterocycles. The molecule has 4 rings (SSSR count). The van der Waals surface area contributed by atoms with Gasteiger partial charge in [-0.3, -0.25) is 0 Å². The van der Waals surface area contributed by atoms with Gasteiger partial charge in [-0.2, -0.15) is 10.1 Å². The Balaban J connectivity index is 1.76. The van der Waals surface area contributed by atoms with E-state index in [9.17, 15) is 0 Å². The van der Waals surface area contributed by atoms with Crippen LogP contribution in [-0.4, -0.2) is 14.8 Å². The second-order valence-corrected chi connectivity index (χ2v) is 5.82. The van der Waals surface area contributed by atoms with Crippen LogP contribution in [0.2, 0.25) is 5.02 Å². The predicted octanol–water partition coefficient (Wildman–Crippen LogP) is 4.08. The Bertz CT molecular complexity index is 784. The normalized spacial score (nSPS) is 20.2. The monoisotopic (exact) mass is 310 g/mol. The van der Waals surface area contributed by atoms with Gasteiger partial charge in [0.1, 0.15) is 6.33 Å². The molecule has 0 bridgehead atoms. The summed E-state index contributed by atoms with van der Waals surface area (Å²) in [6.45, 7) is 0. The fourth-order valence-electron chi connectivity index (χ4n) is 3.03. The molecule has 5 heteroatoms. The highest BCUT2D eigenvalue weighted by molar-refractivity contribution is 6.31. The molecule has 0 spiro atoms. The number of fused-ring (bicyclic) bond motifs is 1. The predicted molar refractivity (Wildman–Crippen MR) is 87.0 cm³/mol. The minimum Gasteiger partial charge on any atom is -0.347 e. The number of benzene rings is 2. The zero-order chi connectivity index (χ0) is 14.9. The van der Waals surface area contributed by atoms with Crippen molar-refractivity contribution in [2.24, 2.45) is 0 Å². The molecule has 2 aromatic carbocycles. The number of hydrogen-bond donors (Lipinski definition) is 1. The van der Waals surface area contributed by atoms with E-state index in [0.717, 1.165) is 23.0 Å². The molecule has 110 valence electrons. The van der Waals surface area contributed by atoms with Crippen LogP contribution in [0, 0.1) is 0 Å². The van der Waals surface area contributed by atoms with Gasteiger partial charge in [-0.1, -0.05) is 60.1 Å². The third-order valence-electron chi connectivity index (χ3n) is 4.10. The Labute approximate surface area is 133 Å². The lowest BCUT2D eigenvalue weighted by molar-refractivity contribution is 0.431. The smallest absolute Gasteiger partial charge is 0.222 e. The summed E-state index contributed by atoms with van der Waals surface area (Å²) in [5.41, 5.74) is 2.33. The second kappa shape index (κ2) is 5.46. The average Bonchev–Trinajstić information content (AvgIpc) is 3.03. The summed E-state index contributed by atoms with van der Waals surface area (Å²) < 4.78 is 1.95. The van der Waals surface area contributed by atoms with E-state index in [1.54, 1.807) is 6.33 Å². The van der Waals surface area contributed by atoms with Gasteiger partial charge in [-0.05, 0) is 23.6 Å². The maximum atomic E-state index is 6.37. The minimum absolute atomic E-state index is 0.121. The van der Waals surface area contributed by atoms with Crippen LogP contribution in [0.5, 0.6) is 0 Å². The van der Waals surface area contributed by atoms with Crippen LogP contribution in [-0.2, 0) is 0 Å². The highest BCUT2D eigenvalue weighted by atomic mass is 35.5. The Morgan fingerprint density at radius 2 is 1.82 bits per heavy atom. The molecule has 1 aromatic heterocycles. The van der Waals surface area contributed by atoms with E-state index in [1.807, 2.05) is 28.9 Å². The minimum atomic E-state index is 0.121. The molecule has 0 aliphatic carbocycles. The van der Waals surface area contributed by atoms with Crippen LogP contribution < -0.4 is 5.32 Å². The lowest BCUT2D eigenvalue weighted by Gasteiger charge is -2.32. The summed E-state index contributed by atoms with van der Waals surface area (Å²) in [6.07, 6.45) is 2.47. The standard InChI is InChI=1S/C17H15ClN4/c18-14-9-5-4-8-13(14)15-10-16(12-6-2-1-3-7-12)22-17(21-15)19-11-20-22/h1-9,11,15-16H,10H2,(H,19,20,21)/t15-,16-/m1/s1. The van der Waals surface area contributed by atoms with Crippen molar-refractivity contribution in [1.29, 1.82) is 0 Å². The van der Waals surface area contributed by atoms with Crippen LogP contribution in [0.4, 0.5) is 5.95 Å². The number of rotatable bonds is 2. The van der Waals surface area contributed by atoms with Crippen LogP contribution in [0.25, 0.3) is 0 Å². The van der Waals surface area contributed by atoms with Crippen molar-refractivity contribution >= 4 is 17.5 Å². The second-order valence-electron chi connectivity index (χ2n) is 5.41. The van der Waals surface area contributed by atoms with Gasteiger partial charge in [0, 0.05) is 5.02 Å². The number of aromatic nitrogens is 3. The Kier molecular flexibility index (Phi) is 3.31. The molecule has 0 radical (unpaired) electrons. The van der Waals surface area contributed by atoms with Crippen LogP contribution in [0.3, 0.4) is 0 Å². The van der Waals surface area contributed by atoms with Crippen LogP contribution in [0.15, 0.2) is 60.9 Å². The molecule has 22 heavy (non-hydrogen) atoms. The molecule has 0 fully saturated rings. The van der Waals surface area contributed by atoms with Gasteiger partial charge < -0.3 is 5.32 Å². The summed E-state index contributed by atoms with van der Waals surface area (Å²) in [5, 5.41) is 8.59. The third-order valence-corrected chi connectivity index (χ3v) is 4.44. The molecule has 1 N–H and O–H groups in total. The number of hydrogen-bond acceptors (Lipinski definition) is 3. The van der Waals surface area contributed by atoms with Gasteiger partial charge in [0.25, 0.3) is 0 Å². The van der Waals surface area contributed by atoms with E-state index in [0.29, 0.717) is 0 Å². The maximum Gasteiger partial charge on any atom is 0.222 e. The summed E-state index contributed by atoms with van der Waals surface area (Å²) in [7, 11) is 0. The molecule has 2 atom stereocenters. The zero-order valence-corrected chi connectivity index (χ0v) is 12.6. The zero-order valence-electron chi connectivity index (χ0n) is 11.9. The van der Waals surface area contributed by atoms with Crippen molar-refractivity contribution < 1.29 is 0 Å². The first-order valence-corrected chi connectivity index (χ1v) is 7.66. The summed E-state index contributed by atoms with van der Waals surface area (Å²) in [6, 6.07) is 18.6. The van der Waals surface area contributed by atoms with Crippen molar-refractivity contribution in [2.45, 2.75) is 18.5 Å². The third kappa shape index (κ3) is 2.25. The lowest BCUT2D eigenvalue weighted by Crippen LogP contribution is -2.28. The Hall–Kier alpha value is -2.33. The molecule has 1 aliphatic heterocycles. The van der Waals surface area contributed by atoms with Crippen molar-refractivity contribution in [3.05, 3.63) is 77.1 Å². The fraction of sp³-hybridized carbons (Fsp3) is 0.176. The molecule has 3 aromatic rings. The van der Waals surface area contributed by atoms with Crippen molar-refractivity contribution in [3.63, 3.8) is 0 Å². The van der Waals surface area contributed by atoms with Gasteiger partial charge in [-0.15, -0.1) is 0 Å². The first kappa shape index (κ1) is 13.3. The summed E-state index contributed by atoms with van der Waals surface area (Å²) in [4.78, 5) is 4.34. The summed E-state index contributed by atoms with van der Waals surface area (Å²) >= 11 is 6.37. The SMILES string of the molecule is Clc1ccccc1[C@H]1C[C@H](c2ccccc2)n2ncnc2N1. The van der Waals surface area contributed by atoms with Crippen molar-refractivity contribution in [2.75, 3.05) is 5.32 Å². The molecule has 4 nitrogen and oxygen atoms in total. The Morgan fingerprint density at radius 3 is 2.64 bits per heavy atom. The van der Waals surface area contributed by atoms with Gasteiger partial charge >= 0.3 is 0 Å². The van der Waals surface area contributed by atoms with Gasteiger partial charge in [0.15, 0.2) is 0 Å². The molecular formula is C17H15ClN4. The molecular weight excluding hydrogens is 296 g/mol. The average molecular weight is 311 g/mol. The Morgan fingerprint density at radius 1 is 1.05 bits per heavy atom. The largest absolute Gasteiger partial charge is 0.347 e. The highest BCUT2D eigenvalue weighted by Crippen LogP contribution is 2.39. The molecule has 2 heterocycles. The fourth-order valence-corrected chi connectivity index (χ4v) is 3.30. The van der Waals surface area contributed by atoms with Crippen molar-refractivity contribution in [3.8, 4) is 0 Å². The quantitative estimate of drug-likeness (QED) is 0.775. The molecule has 1 aliphatic rings. The maximum absolute atomic E-state index is 6.37. The van der Waals surface area contributed by atoms with E-state index in [2.05, 4.69) is 45.7 Å². The number of nitrogens with zero attached hydrogens (tertiary/aromatic N) is 3. The molecule has 0 amide bonds. The van der Waals surface area contributed by atoms with E-state index in [-0.39, 0.29) is 12.1 Å². The van der Waals surface area contributed by atoms with Crippen molar-refractivity contribution in [1.82, 2.24) is 14.8 Å². The topological polar surface area (TPSA) is 42.7 Å². The van der Waals surface area contributed by atoms with Crippen LogP contribution >= 0.6 is 11.6 Å². The number of anilines is 1. The number of nitrogens with one attached hydrogen (secondary N) is 1. The lowest BCUT2D eigenvalue weighted by atomic mass is 9.93. The first-order chi connectivity index (χ1) is 10.8. The first-order valence-electron chi connectivity index (χ1n) is 7.28. The van der Waals surface area contributed by atoms with Gasteiger partial charge in [0.05, 0.1) is 12.1 Å². The molecule has 0 unspecified atom stereocenters. The highest BCUT2D eigenvalue weighted by Gasteiger charge is 2.30. The van der Waals surface area contributed by atoms with E-state index in [1.165, 1.54) is 5.56 Å². The van der Waals surface area contributed by atoms with E-state index >= 15 is 0 Å². The molecule has 0 saturated carbocycles. The number of halogens is 1.